The van der Waals surface area contributed by atoms with Crippen LogP contribution in [0.1, 0.15) is 5.56 Å². The Labute approximate surface area is 122 Å². The van der Waals surface area contributed by atoms with E-state index in [1.807, 2.05) is 36.4 Å². The highest BCUT2D eigenvalue weighted by molar-refractivity contribution is 7.09. The third-order valence-electron chi connectivity index (χ3n) is 3.24. The number of aryl methyl sites for hydroxylation is 1. The third kappa shape index (κ3) is 2.30. The Bertz CT molecular complexity index is 719. The topological polar surface area (TPSA) is 35.0 Å². The lowest BCUT2D eigenvalue weighted by Crippen LogP contribution is -1.86. The molecule has 3 nitrogen and oxygen atoms in total. The van der Waals surface area contributed by atoms with Crippen molar-refractivity contribution < 1.29 is 4.74 Å². The average molecular weight is 282 g/mol. The SMILES string of the molecule is COc1ccc(-c2snnc2-c2ccccc2C)cc1. The highest BCUT2D eigenvalue weighted by Crippen LogP contribution is 2.35. The van der Waals surface area contributed by atoms with E-state index in [1.165, 1.54) is 17.1 Å². The molecule has 0 atom stereocenters. The van der Waals surface area contributed by atoms with Crippen molar-refractivity contribution in [2.75, 3.05) is 7.11 Å². The minimum absolute atomic E-state index is 0.851. The van der Waals surface area contributed by atoms with Gasteiger partial charge in [0.1, 0.15) is 11.4 Å². The van der Waals surface area contributed by atoms with Gasteiger partial charge in [-0.1, -0.05) is 28.8 Å². The largest absolute Gasteiger partial charge is 0.497 e. The Morgan fingerprint density at radius 2 is 1.75 bits per heavy atom. The Kier molecular flexibility index (Phi) is 3.48. The summed E-state index contributed by atoms with van der Waals surface area (Å²) >= 11 is 1.42. The summed E-state index contributed by atoms with van der Waals surface area (Å²) in [4.78, 5) is 1.09. The van der Waals surface area contributed by atoms with E-state index in [0.717, 1.165) is 27.4 Å². The maximum atomic E-state index is 5.19. The van der Waals surface area contributed by atoms with Crippen molar-refractivity contribution in [3.8, 4) is 27.4 Å². The van der Waals surface area contributed by atoms with Gasteiger partial charge in [-0.15, -0.1) is 5.10 Å². The summed E-state index contributed by atoms with van der Waals surface area (Å²) < 4.78 is 9.31. The quantitative estimate of drug-likeness (QED) is 0.722. The summed E-state index contributed by atoms with van der Waals surface area (Å²) in [6.45, 7) is 2.09. The number of methoxy groups -OCH3 is 1. The first-order chi connectivity index (χ1) is 9.79. The monoisotopic (exact) mass is 282 g/mol. The Morgan fingerprint density at radius 3 is 2.45 bits per heavy atom. The number of rotatable bonds is 3. The molecule has 3 rings (SSSR count). The molecular formula is C16H14N2OS. The van der Waals surface area contributed by atoms with E-state index in [9.17, 15) is 0 Å². The third-order valence-corrected chi connectivity index (χ3v) is 4.02. The first kappa shape index (κ1) is 12.8. The average Bonchev–Trinajstić information content (AvgIpc) is 2.97. The molecule has 0 amide bonds. The zero-order chi connectivity index (χ0) is 13.9. The number of hydrogen-bond donors (Lipinski definition) is 0. The first-order valence-corrected chi connectivity index (χ1v) is 7.09. The number of benzene rings is 2. The molecule has 0 spiro atoms. The fourth-order valence-electron chi connectivity index (χ4n) is 2.14. The molecule has 0 N–H and O–H groups in total. The molecule has 0 saturated heterocycles. The maximum Gasteiger partial charge on any atom is 0.118 e. The lowest BCUT2D eigenvalue weighted by atomic mass is 10.0. The van der Waals surface area contributed by atoms with Crippen molar-refractivity contribution in [1.29, 1.82) is 0 Å². The van der Waals surface area contributed by atoms with Crippen LogP contribution in [0.25, 0.3) is 21.7 Å². The van der Waals surface area contributed by atoms with E-state index in [2.05, 4.69) is 28.6 Å². The van der Waals surface area contributed by atoms with E-state index in [0.29, 0.717) is 0 Å². The molecule has 0 bridgehead atoms. The fraction of sp³-hybridized carbons (Fsp3) is 0.125. The van der Waals surface area contributed by atoms with E-state index in [4.69, 9.17) is 4.74 Å². The molecule has 4 heteroatoms. The van der Waals surface area contributed by atoms with Crippen LogP contribution < -0.4 is 4.74 Å². The van der Waals surface area contributed by atoms with Crippen LogP contribution in [0.4, 0.5) is 0 Å². The van der Waals surface area contributed by atoms with Crippen molar-refractivity contribution in [1.82, 2.24) is 9.59 Å². The van der Waals surface area contributed by atoms with Crippen molar-refractivity contribution in [2.45, 2.75) is 6.92 Å². The second-order valence-electron chi connectivity index (χ2n) is 4.49. The van der Waals surface area contributed by atoms with Crippen molar-refractivity contribution in [2.24, 2.45) is 0 Å². The van der Waals surface area contributed by atoms with E-state index < -0.39 is 0 Å². The molecule has 1 heterocycles. The Morgan fingerprint density at radius 1 is 1.00 bits per heavy atom. The summed E-state index contributed by atoms with van der Waals surface area (Å²) in [7, 11) is 1.67. The molecule has 2 aromatic carbocycles. The summed E-state index contributed by atoms with van der Waals surface area (Å²) in [6, 6.07) is 16.2. The second-order valence-corrected chi connectivity index (χ2v) is 5.25. The van der Waals surface area contributed by atoms with E-state index in [1.54, 1.807) is 7.11 Å². The molecule has 0 saturated carbocycles. The summed E-state index contributed by atoms with van der Waals surface area (Å²) in [5, 5.41) is 4.30. The highest BCUT2D eigenvalue weighted by Gasteiger charge is 2.13. The second kappa shape index (κ2) is 5.43. The smallest absolute Gasteiger partial charge is 0.118 e. The van der Waals surface area contributed by atoms with Gasteiger partial charge in [0.2, 0.25) is 0 Å². The molecule has 1 aromatic heterocycles. The zero-order valence-electron chi connectivity index (χ0n) is 11.3. The number of hydrogen-bond acceptors (Lipinski definition) is 4. The molecule has 0 radical (unpaired) electrons. The van der Waals surface area contributed by atoms with Crippen molar-refractivity contribution in [3.63, 3.8) is 0 Å². The summed E-state index contributed by atoms with van der Waals surface area (Å²) in [6.07, 6.45) is 0. The van der Waals surface area contributed by atoms with Crippen LogP contribution in [-0.4, -0.2) is 16.7 Å². The molecule has 100 valence electrons. The summed E-state index contributed by atoms with van der Waals surface area (Å²) in [5.41, 5.74) is 4.39. The first-order valence-electron chi connectivity index (χ1n) is 6.32. The van der Waals surface area contributed by atoms with Gasteiger partial charge in [0.25, 0.3) is 0 Å². The minimum Gasteiger partial charge on any atom is -0.497 e. The number of ether oxygens (including phenoxy) is 1. The lowest BCUT2D eigenvalue weighted by molar-refractivity contribution is 0.415. The number of nitrogens with zero attached hydrogens (tertiary/aromatic N) is 2. The standard InChI is InChI=1S/C16H14N2OS/c1-11-5-3-4-6-14(11)15-16(20-18-17-15)12-7-9-13(19-2)10-8-12/h3-10H,1-2H3. The van der Waals surface area contributed by atoms with Crippen LogP contribution in [0.2, 0.25) is 0 Å². The molecule has 20 heavy (non-hydrogen) atoms. The van der Waals surface area contributed by atoms with Gasteiger partial charge in [-0.05, 0) is 53.8 Å². The van der Waals surface area contributed by atoms with Gasteiger partial charge >= 0.3 is 0 Å². The van der Waals surface area contributed by atoms with Crippen molar-refractivity contribution in [3.05, 3.63) is 54.1 Å². The highest BCUT2D eigenvalue weighted by atomic mass is 32.1. The Balaban J connectivity index is 2.08. The predicted octanol–water partition coefficient (Wildman–Crippen LogP) is 4.19. The number of aromatic nitrogens is 2. The van der Waals surface area contributed by atoms with Crippen LogP contribution in [0, 0.1) is 6.92 Å². The van der Waals surface area contributed by atoms with Gasteiger partial charge < -0.3 is 4.74 Å². The van der Waals surface area contributed by atoms with Crippen molar-refractivity contribution >= 4 is 11.5 Å². The van der Waals surface area contributed by atoms with Crippen LogP contribution in [-0.2, 0) is 0 Å². The predicted molar refractivity (Wildman–Crippen MR) is 82.1 cm³/mol. The summed E-state index contributed by atoms with van der Waals surface area (Å²) in [5.74, 6) is 0.851. The maximum absolute atomic E-state index is 5.19. The van der Waals surface area contributed by atoms with Gasteiger partial charge in [-0.3, -0.25) is 0 Å². The van der Waals surface area contributed by atoms with Gasteiger partial charge in [-0.2, -0.15) is 0 Å². The van der Waals surface area contributed by atoms with Crippen LogP contribution in [0.5, 0.6) is 5.75 Å². The minimum atomic E-state index is 0.851. The van der Waals surface area contributed by atoms with E-state index in [-0.39, 0.29) is 0 Å². The Hall–Kier alpha value is -2.20. The molecule has 0 unspecified atom stereocenters. The molecule has 3 aromatic rings. The van der Waals surface area contributed by atoms with E-state index >= 15 is 0 Å². The van der Waals surface area contributed by atoms with Gasteiger partial charge in [0, 0.05) is 5.56 Å². The fourth-order valence-corrected chi connectivity index (χ4v) is 2.82. The normalized spacial score (nSPS) is 10.5. The molecule has 0 aliphatic heterocycles. The molecule has 0 aliphatic rings. The molecule has 0 aliphatic carbocycles. The van der Waals surface area contributed by atoms with Crippen LogP contribution in [0.15, 0.2) is 48.5 Å². The van der Waals surface area contributed by atoms with Gasteiger partial charge in [-0.25, -0.2) is 0 Å². The van der Waals surface area contributed by atoms with Crippen LogP contribution in [0.3, 0.4) is 0 Å². The molecule has 0 fully saturated rings. The lowest BCUT2D eigenvalue weighted by Gasteiger charge is -2.05. The molecular weight excluding hydrogens is 268 g/mol. The van der Waals surface area contributed by atoms with Gasteiger partial charge in [0.15, 0.2) is 0 Å². The zero-order valence-corrected chi connectivity index (χ0v) is 12.1. The van der Waals surface area contributed by atoms with Crippen LogP contribution >= 0.6 is 11.5 Å². The van der Waals surface area contributed by atoms with Gasteiger partial charge in [0.05, 0.1) is 12.0 Å².